The van der Waals surface area contributed by atoms with Crippen LogP contribution in [0.15, 0.2) is 12.3 Å². The fourth-order valence-electron chi connectivity index (χ4n) is 2.29. The van der Waals surface area contributed by atoms with Gasteiger partial charge in [0.15, 0.2) is 0 Å². The van der Waals surface area contributed by atoms with Crippen LogP contribution in [-0.2, 0) is 20.7 Å². The highest BCUT2D eigenvalue weighted by Crippen LogP contribution is 2.36. The number of nitrogens with one attached hydrogen (secondary N) is 1. The molecule has 5 nitrogen and oxygen atoms in total. The Balaban J connectivity index is 2.25. The highest BCUT2D eigenvalue weighted by atomic mass is 16.7. The van der Waals surface area contributed by atoms with Crippen LogP contribution in [0.2, 0.25) is 0 Å². The summed E-state index contributed by atoms with van der Waals surface area (Å²) in [6, 6.07) is 2.06. The van der Waals surface area contributed by atoms with E-state index in [9.17, 15) is 0 Å². The quantitative estimate of drug-likeness (QED) is 0.818. The smallest absolute Gasteiger partial charge is 0.399 e. The van der Waals surface area contributed by atoms with E-state index >= 15 is 0 Å². The zero-order chi connectivity index (χ0) is 16.4. The third kappa shape index (κ3) is 3.45. The molecule has 1 aliphatic heterocycles. The molecular weight excluding hydrogens is 279 g/mol. The van der Waals surface area contributed by atoms with Gasteiger partial charge in [-0.3, -0.25) is 0 Å². The normalized spacial score (nSPS) is 19.5. The highest BCUT2D eigenvalue weighted by molar-refractivity contribution is 6.62. The van der Waals surface area contributed by atoms with Crippen molar-refractivity contribution in [2.24, 2.45) is 0 Å². The lowest BCUT2D eigenvalue weighted by Gasteiger charge is -2.32. The number of aromatic nitrogens is 1. The van der Waals surface area contributed by atoms with Gasteiger partial charge in [-0.2, -0.15) is 0 Å². The lowest BCUT2D eigenvalue weighted by Crippen LogP contribution is -2.41. The van der Waals surface area contributed by atoms with Crippen molar-refractivity contribution in [3.63, 3.8) is 0 Å². The zero-order valence-electron chi connectivity index (χ0n) is 14.5. The van der Waals surface area contributed by atoms with Gasteiger partial charge in [-0.25, -0.2) is 4.98 Å². The van der Waals surface area contributed by atoms with E-state index in [1.807, 2.05) is 20.0 Å². The standard InChI is InChI=1S/C16H27BN2O3/c1-7-18-14-12(11-20-8-2)9-13(10-19-14)17-21-15(3,4)16(5,6)22-17/h9-10H,7-8,11H2,1-6H3,(H,18,19). The second-order valence-electron chi connectivity index (χ2n) is 6.53. The van der Waals surface area contributed by atoms with Gasteiger partial charge in [0.1, 0.15) is 5.82 Å². The van der Waals surface area contributed by atoms with Crippen LogP contribution >= 0.6 is 0 Å². The Hall–Kier alpha value is -1.11. The monoisotopic (exact) mass is 306 g/mol. The van der Waals surface area contributed by atoms with Gasteiger partial charge in [0.05, 0.1) is 17.8 Å². The van der Waals surface area contributed by atoms with Crippen LogP contribution in [0, 0.1) is 0 Å². The highest BCUT2D eigenvalue weighted by Gasteiger charge is 2.51. The van der Waals surface area contributed by atoms with E-state index in [0.29, 0.717) is 13.2 Å². The summed E-state index contributed by atoms with van der Waals surface area (Å²) >= 11 is 0. The molecule has 1 fully saturated rings. The first kappa shape index (κ1) is 17.3. The number of anilines is 1. The maximum Gasteiger partial charge on any atom is 0.496 e. The van der Waals surface area contributed by atoms with E-state index in [4.69, 9.17) is 14.0 Å². The molecule has 0 radical (unpaired) electrons. The molecule has 2 rings (SSSR count). The first-order valence-corrected chi connectivity index (χ1v) is 7.96. The molecule has 0 saturated carbocycles. The minimum absolute atomic E-state index is 0.349. The molecular formula is C16H27BN2O3. The number of ether oxygens (including phenoxy) is 1. The molecule has 0 amide bonds. The molecule has 0 aliphatic carbocycles. The molecule has 1 aromatic rings. The number of hydrogen-bond acceptors (Lipinski definition) is 5. The van der Waals surface area contributed by atoms with Crippen molar-refractivity contribution in [1.29, 1.82) is 0 Å². The van der Waals surface area contributed by atoms with Gasteiger partial charge in [0.25, 0.3) is 0 Å². The van der Waals surface area contributed by atoms with Crippen LogP contribution in [0.5, 0.6) is 0 Å². The summed E-state index contributed by atoms with van der Waals surface area (Å²) in [5, 5.41) is 3.26. The van der Waals surface area contributed by atoms with Crippen LogP contribution in [0.3, 0.4) is 0 Å². The molecule has 0 aromatic carbocycles. The Labute approximate surface area is 133 Å². The van der Waals surface area contributed by atoms with Gasteiger partial charge < -0.3 is 19.4 Å². The molecule has 1 saturated heterocycles. The largest absolute Gasteiger partial charge is 0.496 e. The number of rotatable bonds is 6. The van der Waals surface area contributed by atoms with Crippen molar-refractivity contribution in [3.8, 4) is 0 Å². The van der Waals surface area contributed by atoms with Crippen LogP contribution in [0.25, 0.3) is 0 Å². The number of hydrogen-bond donors (Lipinski definition) is 1. The van der Waals surface area contributed by atoms with Crippen LogP contribution in [-0.4, -0.2) is 36.5 Å². The van der Waals surface area contributed by atoms with Gasteiger partial charge >= 0.3 is 7.12 Å². The Kier molecular flexibility index (Phi) is 5.15. The third-order valence-electron chi connectivity index (χ3n) is 4.32. The summed E-state index contributed by atoms with van der Waals surface area (Å²) < 4.78 is 17.7. The molecule has 0 spiro atoms. The fraction of sp³-hybridized carbons (Fsp3) is 0.688. The molecule has 22 heavy (non-hydrogen) atoms. The molecule has 1 aliphatic rings. The molecule has 0 unspecified atom stereocenters. The van der Waals surface area contributed by atoms with Crippen molar-refractivity contribution in [2.75, 3.05) is 18.5 Å². The lowest BCUT2D eigenvalue weighted by molar-refractivity contribution is 0.00578. The minimum atomic E-state index is -0.395. The summed E-state index contributed by atoms with van der Waals surface area (Å²) in [4.78, 5) is 4.51. The third-order valence-corrected chi connectivity index (χ3v) is 4.32. The van der Waals surface area contributed by atoms with E-state index in [0.717, 1.165) is 23.4 Å². The first-order chi connectivity index (χ1) is 10.3. The van der Waals surface area contributed by atoms with E-state index in [1.165, 1.54) is 0 Å². The Morgan fingerprint density at radius 2 is 1.82 bits per heavy atom. The SMILES string of the molecule is CCNc1ncc(B2OC(C)(C)C(C)(C)O2)cc1COCC. The van der Waals surface area contributed by atoms with Gasteiger partial charge in [0, 0.05) is 30.4 Å². The van der Waals surface area contributed by atoms with Crippen molar-refractivity contribution >= 4 is 18.4 Å². The van der Waals surface area contributed by atoms with Crippen LogP contribution < -0.4 is 10.8 Å². The first-order valence-electron chi connectivity index (χ1n) is 7.96. The van der Waals surface area contributed by atoms with Gasteiger partial charge in [-0.05, 0) is 41.5 Å². The van der Waals surface area contributed by atoms with Crippen molar-refractivity contribution in [1.82, 2.24) is 4.98 Å². The zero-order valence-corrected chi connectivity index (χ0v) is 14.5. The summed E-state index contributed by atoms with van der Waals surface area (Å²) in [5.74, 6) is 0.858. The predicted octanol–water partition coefficient (Wildman–Crippen LogP) is 2.35. The van der Waals surface area contributed by atoms with E-state index < -0.39 is 7.12 Å². The average Bonchev–Trinajstić information content (AvgIpc) is 2.66. The molecule has 1 aromatic heterocycles. The van der Waals surface area contributed by atoms with Gasteiger partial charge in [-0.15, -0.1) is 0 Å². The molecule has 1 N–H and O–H groups in total. The van der Waals surface area contributed by atoms with Crippen LogP contribution in [0.1, 0.15) is 47.1 Å². The predicted molar refractivity (Wildman–Crippen MR) is 89.4 cm³/mol. The molecule has 122 valence electrons. The van der Waals surface area contributed by atoms with Crippen LogP contribution in [0.4, 0.5) is 5.82 Å². The fourth-order valence-corrected chi connectivity index (χ4v) is 2.29. The molecule has 0 atom stereocenters. The second kappa shape index (κ2) is 6.56. The molecule has 0 bridgehead atoms. The second-order valence-corrected chi connectivity index (χ2v) is 6.53. The van der Waals surface area contributed by atoms with E-state index in [-0.39, 0.29) is 11.2 Å². The topological polar surface area (TPSA) is 52.6 Å². The van der Waals surface area contributed by atoms with Gasteiger partial charge in [-0.1, -0.05) is 6.07 Å². The molecule has 2 heterocycles. The van der Waals surface area contributed by atoms with Crippen molar-refractivity contribution in [3.05, 3.63) is 17.8 Å². The maximum atomic E-state index is 6.09. The van der Waals surface area contributed by atoms with Gasteiger partial charge in [0.2, 0.25) is 0 Å². The lowest BCUT2D eigenvalue weighted by atomic mass is 9.79. The van der Waals surface area contributed by atoms with Crippen molar-refractivity contribution in [2.45, 2.75) is 59.4 Å². The Morgan fingerprint density at radius 3 is 2.36 bits per heavy atom. The van der Waals surface area contributed by atoms with Crippen molar-refractivity contribution < 1.29 is 14.0 Å². The minimum Gasteiger partial charge on any atom is -0.399 e. The maximum absolute atomic E-state index is 6.09. The summed E-state index contributed by atoms with van der Waals surface area (Å²) in [6.07, 6.45) is 1.82. The Morgan fingerprint density at radius 1 is 1.18 bits per heavy atom. The average molecular weight is 306 g/mol. The van der Waals surface area contributed by atoms with E-state index in [2.05, 4.69) is 44.1 Å². The summed E-state index contributed by atoms with van der Waals surface area (Å²) in [6.45, 7) is 14.3. The number of nitrogens with zero attached hydrogens (tertiary/aromatic N) is 1. The summed E-state index contributed by atoms with van der Waals surface area (Å²) in [7, 11) is -0.395. The summed E-state index contributed by atoms with van der Waals surface area (Å²) in [5.41, 5.74) is 1.25. The molecule has 6 heteroatoms. The van der Waals surface area contributed by atoms with E-state index in [1.54, 1.807) is 0 Å². The number of pyridine rings is 1. The Bertz CT molecular complexity index is 504.